The number of thioether (sulfide) groups is 1. The van der Waals surface area contributed by atoms with E-state index in [1.807, 2.05) is 48.2 Å². The highest BCUT2D eigenvalue weighted by molar-refractivity contribution is 8.00. The number of fused-ring (bicyclic) bond motifs is 1. The molecule has 4 atom stereocenters. The molecule has 2 aromatic carbocycles. The van der Waals surface area contributed by atoms with Crippen molar-refractivity contribution in [3.8, 4) is 5.75 Å². The summed E-state index contributed by atoms with van der Waals surface area (Å²) in [4.78, 5) is 0. The van der Waals surface area contributed by atoms with E-state index in [9.17, 15) is 4.57 Å². The second-order valence-electron chi connectivity index (χ2n) is 5.60. The average molecular weight is 348 g/mol. The number of hydrogen-bond donors (Lipinski definition) is 0. The van der Waals surface area contributed by atoms with Crippen LogP contribution in [0.1, 0.15) is 17.2 Å². The average Bonchev–Trinajstić information content (AvgIpc) is 2.99. The summed E-state index contributed by atoms with van der Waals surface area (Å²) in [6.07, 6.45) is 0.721. The van der Waals surface area contributed by atoms with E-state index in [0.29, 0.717) is 17.6 Å². The zero-order valence-electron chi connectivity index (χ0n) is 12.4. The Labute approximate surface area is 139 Å². The van der Waals surface area contributed by atoms with E-state index >= 15 is 0 Å². The SMILES string of the molecule is O=[P@]1(Oc2ccccc2)OC[C@@H]2S[C@H](c3ccccc3)C[C@@H]2O1. The van der Waals surface area contributed by atoms with Crippen LogP contribution >= 0.6 is 19.6 Å². The Morgan fingerprint density at radius 3 is 2.48 bits per heavy atom. The number of phosphoric acid groups is 1. The van der Waals surface area contributed by atoms with E-state index in [1.165, 1.54) is 5.56 Å². The second-order valence-corrected chi connectivity index (χ2v) is 8.59. The van der Waals surface area contributed by atoms with Crippen LogP contribution in [0.15, 0.2) is 60.7 Å². The molecule has 0 N–H and O–H groups in total. The monoisotopic (exact) mass is 348 g/mol. The first-order chi connectivity index (χ1) is 11.2. The van der Waals surface area contributed by atoms with E-state index in [1.54, 1.807) is 12.1 Å². The summed E-state index contributed by atoms with van der Waals surface area (Å²) in [6, 6.07) is 19.3. The van der Waals surface area contributed by atoms with Gasteiger partial charge in [-0.05, 0) is 24.1 Å². The molecular weight excluding hydrogens is 331 g/mol. The van der Waals surface area contributed by atoms with Gasteiger partial charge in [-0.25, -0.2) is 4.57 Å². The molecule has 0 saturated carbocycles. The molecule has 0 unspecified atom stereocenters. The fraction of sp³-hybridized carbons (Fsp3) is 0.294. The summed E-state index contributed by atoms with van der Waals surface area (Å²) in [5.41, 5.74) is 1.27. The Balaban J connectivity index is 1.46. The number of para-hydroxylation sites is 1. The van der Waals surface area contributed by atoms with Crippen molar-refractivity contribution in [1.82, 2.24) is 0 Å². The molecule has 2 heterocycles. The van der Waals surface area contributed by atoms with Crippen molar-refractivity contribution < 1.29 is 18.1 Å². The number of rotatable bonds is 3. The van der Waals surface area contributed by atoms with E-state index in [0.717, 1.165) is 6.42 Å². The van der Waals surface area contributed by atoms with E-state index < -0.39 is 7.82 Å². The summed E-state index contributed by atoms with van der Waals surface area (Å²) >= 11 is 1.83. The minimum absolute atomic E-state index is 0.103. The first-order valence-electron chi connectivity index (χ1n) is 7.60. The van der Waals surface area contributed by atoms with E-state index in [2.05, 4.69) is 12.1 Å². The first kappa shape index (κ1) is 15.3. The maximum absolute atomic E-state index is 12.7. The second kappa shape index (κ2) is 6.33. The van der Waals surface area contributed by atoms with Gasteiger partial charge in [0, 0.05) is 5.25 Å². The lowest BCUT2D eigenvalue weighted by Gasteiger charge is -2.30. The highest BCUT2D eigenvalue weighted by atomic mass is 32.2. The lowest BCUT2D eigenvalue weighted by molar-refractivity contribution is 0.0586. The Morgan fingerprint density at radius 1 is 1.04 bits per heavy atom. The zero-order chi connectivity index (χ0) is 15.7. The Kier molecular flexibility index (Phi) is 4.20. The van der Waals surface area contributed by atoms with Gasteiger partial charge in [-0.3, -0.25) is 9.05 Å². The Morgan fingerprint density at radius 2 is 1.74 bits per heavy atom. The topological polar surface area (TPSA) is 44.8 Å². The molecule has 0 spiro atoms. The zero-order valence-corrected chi connectivity index (χ0v) is 14.1. The fourth-order valence-corrected chi connectivity index (χ4v) is 6.03. The summed E-state index contributed by atoms with van der Waals surface area (Å²) in [5.74, 6) is 0.500. The van der Waals surface area contributed by atoms with Gasteiger partial charge in [-0.15, -0.1) is 11.8 Å². The summed E-state index contributed by atoms with van der Waals surface area (Å²) in [7, 11) is -3.54. The molecule has 6 heteroatoms. The van der Waals surface area contributed by atoms with Crippen molar-refractivity contribution >= 4 is 19.6 Å². The Hall–Kier alpha value is -1.26. The fourth-order valence-electron chi connectivity index (χ4n) is 2.88. The van der Waals surface area contributed by atoms with Gasteiger partial charge in [0.05, 0.1) is 18.0 Å². The molecule has 2 aliphatic heterocycles. The van der Waals surface area contributed by atoms with Crippen molar-refractivity contribution in [2.45, 2.75) is 23.0 Å². The smallest absolute Gasteiger partial charge is 0.404 e. The van der Waals surface area contributed by atoms with Crippen LogP contribution < -0.4 is 4.52 Å². The van der Waals surface area contributed by atoms with Crippen LogP contribution in [0, 0.1) is 0 Å². The highest BCUT2D eigenvalue weighted by Gasteiger charge is 2.47. The largest absolute Gasteiger partial charge is 0.530 e. The predicted molar refractivity (Wildman–Crippen MR) is 90.7 cm³/mol. The molecule has 0 aromatic heterocycles. The minimum Gasteiger partial charge on any atom is -0.404 e. The van der Waals surface area contributed by atoms with Crippen LogP contribution in [0.5, 0.6) is 5.75 Å². The van der Waals surface area contributed by atoms with Gasteiger partial charge in [0.1, 0.15) is 5.75 Å². The maximum atomic E-state index is 12.7. The van der Waals surface area contributed by atoms with Crippen LogP contribution in [0.2, 0.25) is 0 Å². The third-order valence-electron chi connectivity index (χ3n) is 3.99. The van der Waals surface area contributed by atoms with E-state index in [-0.39, 0.29) is 11.4 Å². The summed E-state index contributed by atoms with van der Waals surface area (Å²) in [5, 5.41) is 0.541. The highest BCUT2D eigenvalue weighted by Crippen LogP contribution is 2.60. The lowest BCUT2D eigenvalue weighted by atomic mass is 10.1. The van der Waals surface area contributed by atoms with Crippen molar-refractivity contribution in [2.75, 3.05) is 6.61 Å². The molecule has 2 aromatic rings. The van der Waals surface area contributed by atoms with Gasteiger partial charge in [0.2, 0.25) is 0 Å². The molecule has 2 fully saturated rings. The normalized spacial score (nSPS) is 33.1. The molecule has 4 rings (SSSR count). The molecule has 0 radical (unpaired) electrons. The van der Waals surface area contributed by atoms with Crippen LogP contribution in [-0.2, 0) is 13.6 Å². The quantitative estimate of drug-likeness (QED) is 0.743. The third-order valence-corrected chi connectivity index (χ3v) is 7.00. The van der Waals surface area contributed by atoms with Crippen LogP contribution in [0.4, 0.5) is 0 Å². The van der Waals surface area contributed by atoms with Gasteiger partial charge in [0.15, 0.2) is 0 Å². The van der Waals surface area contributed by atoms with Gasteiger partial charge >= 0.3 is 7.82 Å². The molecule has 2 saturated heterocycles. The Bertz CT molecular complexity index is 709. The molecule has 0 aliphatic carbocycles. The molecule has 2 aliphatic rings. The van der Waals surface area contributed by atoms with Crippen LogP contribution in [0.3, 0.4) is 0 Å². The lowest BCUT2D eigenvalue weighted by Crippen LogP contribution is -2.31. The molecular formula is C17H17O4PS. The van der Waals surface area contributed by atoms with Crippen molar-refractivity contribution in [1.29, 1.82) is 0 Å². The van der Waals surface area contributed by atoms with Gasteiger partial charge in [0.25, 0.3) is 0 Å². The van der Waals surface area contributed by atoms with Crippen LogP contribution in [-0.4, -0.2) is 18.0 Å². The van der Waals surface area contributed by atoms with Gasteiger partial charge in [-0.1, -0.05) is 48.5 Å². The van der Waals surface area contributed by atoms with Gasteiger partial charge in [-0.2, -0.15) is 0 Å². The van der Waals surface area contributed by atoms with Crippen molar-refractivity contribution in [3.05, 3.63) is 66.2 Å². The third kappa shape index (κ3) is 3.33. The maximum Gasteiger partial charge on any atom is 0.530 e. The molecule has 0 bridgehead atoms. The molecule has 120 valence electrons. The number of benzene rings is 2. The standard InChI is InChI=1S/C17H17O4PS/c18-22(20-14-9-5-2-6-10-14)19-12-17-15(21-22)11-16(23-17)13-7-3-1-4-8-13/h1-10,15-17H,11-12H2/t15-,16-,17-,22+/m0/s1. The number of phosphoric ester groups is 1. The van der Waals surface area contributed by atoms with Crippen molar-refractivity contribution in [3.63, 3.8) is 0 Å². The summed E-state index contributed by atoms with van der Waals surface area (Å²) < 4.78 is 29.4. The van der Waals surface area contributed by atoms with Gasteiger partial charge < -0.3 is 4.52 Å². The molecule has 23 heavy (non-hydrogen) atoms. The predicted octanol–water partition coefficient (Wildman–Crippen LogP) is 4.84. The van der Waals surface area contributed by atoms with E-state index in [4.69, 9.17) is 13.6 Å². The van der Waals surface area contributed by atoms with Crippen LogP contribution in [0.25, 0.3) is 0 Å². The molecule has 0 amide bonds. The summed E-state index contributed by atoms with van der Waals surface area (Å²) in [6.45, 7) is 0.392. The molecule has 4 nitrogen and oxygen atoms in total. The van der Waals surface area contributed by atoms with Crippen molar-refractivity contribution in [2.24, 2.45) is 0 Å². The number of hydrogen-bond acceptors (Lipinski definition) is 5. The first-order valence-corrected chi connectivity index (χ1v) is 10.0. The minimum atomic E-state index is -3.54.